The van der Waals surface area contributed by atoms with E-state index in [2.05, 4.69) is 51.3 Å². The van der Waals surface area contributed by atoms with Crippen LogP contribution >= 0.6 is 0 Å². The minimum atomic E-state index is 0.126. The Morgan fingerprint density at radius 3 is 2.86 bits per heavy atom. The van der Waals surface area contributed by atoms with E-state index >= 15 is 0 Å². The molecule has 4 aromatic rings. The predicted octanol–water partition coefficient (Wildman–Crippen LogP) is 4.03. The summed E-state index contributed by atoms with van der Waals surface area (Å²) in [5.41, 5.74) is 4.15. The number of fused-ring (bicyclic) bond motifs is 2. The van der Waals surface area contributed by atoms with Crippen molar-refractivity contribution in [2.75, 3.05) is 7.05 Å². The third kappa shape index (κ3) is 3.25. The zero-order valence-corrected chi connectivity index (χ0v) is 16.4. The number of aromatic nitrogens is 4. The molecule has 1 aliphatic carbocycles. The fourth-order valence-electron chi connectivity index (χ4n) is 4.30. The third-order valence-corrected chi connectivity index (χ3v) is 5.70. The molecule has 1 N–H and O–H groups in total. The van der Waals surface area contributed by atoms with Crippen molar-refractivity contribution in [1.82, 2.24) is 24.6 Å². The van der Waals surface area contributed by atoms with E-state index < -0.39 is 0 Å². The van der Waals surface area contributed by atoms with Crippen molar-refractivity contribution in [2.45, 2.75) is 31.8 Å². The lowest BCUT2D eigenvalue weighted by Crippen LogP contribution is -2.27. The fraction of sp³-hybridized carbons (Fsp3) is 0.261. The van der Waals surface area contributed by atoms with Crippen molar-refractivity contribution in [3.63, 3.8) is 0 Å². The smallest absolute Gasteiger partial charge is 0.220 e. The van der Waals surface area contributed by atoms with E-state index in [-0.39, 0.29) is 11.9 Å². The van der Waals surface area contributed by atoms with E-state index in [0.717, 1.165) is 48.0 Å². The van der Waals surface area contributed by atoms with Crippen LogP contribution in [0.2, 0.25) is 0 Å². The van der Waals surface area contributed by atoms with E-state index in [4.69, 9.17) is 0 Å². The molecular formula is C23H23N5O. The normalized spacial score (nSPS) is 16.3. The summed E-state index contributed by atoms with van der Waals surface area (Å²) in [6.45, 7) is 0.795. The van der Waals surface area contributed by atoms with Crippen LogP contribution < -0.4 is 0 Å². The summed E-state index contributed by atoms with van der Waals surface area (Å²) in [4.78, 5) is 11.0. The van der Waals surface area contributed by atoms with Crippen LogP contribution in [-0.2, 0) is 13.0 Å². The van der Waals surface area contributed by atoms with Crippen molar-refractivity contribution >= 4 is 10.9 Å². The van der Waals surface area contributed by atoms with E-state index in [1.54, 1.807) is 10.9 Å². The van der Waals surface area contributed by atoms with Gasteiger partial charge < -0.3 is 5.11 Å². The highest BCUT2D eigenvalue weighted by Gasteiger charge is 2.31. The monoisotopic (exact) mass is 385 g/mol. The van der Waals surface area contributed by atoms with Crippen molar-refractivity contribution in [2.24, 2.45) is 0 Å². The van der Waals surface area contributed by atoms with Gasteiger partial charge in [0.15, 0.2) is 5.82 Å². The van der Waals surface area contributed by atoms with Gasteiger partial charge in [0.25, 0.3) is 0 Å². The second kappa shape index (κ2) is 7.29. The maximum absolute atomic E-state index is 11.0. The van der Waals surface area contributed by atoms with Gasteiger partial charge in [-0.25, -0.2) is 4.98 Å². The van der Waals surface area contributed by atoms with Gasteiger partial charge in [0.2, 0.25) is 5.88 Å². The zero-order chi connectivity index (χ0) is 19.8. The molecule has 0 radical (unpaired) electrons. The first kappa shape index (κ1) is 17.8. The minimum absolute atomic E-state index is 0.126. The Kier molecular flexibility index (Phi) is 4.48. The molecule has 3 aromatic heterocycles. The first-order chi connectivity index (χ1) is 14.2. The second-order valence-electron chi connectivity index (χ2n) is 7.64. The van der Waals surface area contributed by atoms with Crippen molar-refractivity contribution in [3.8, 4) is 11.7 Å². The van der Waals surface area contributed by atoms with Crippen molar-refractivity contribution in [3.05, 3.63) is 77.7 Å². The molecule has 0 bridgehead atoms. The molecule has 0 amide bonds. The zero-order valence-electron chi connectivity index (χ0n) is 16.4. The number of aromatic hydroxyl groups is 1. The third-order valence-electron chi connectivity index (χ3n) is 5.70. The average molecular weight is 385 g/mol. The SMILES string of the molecule is CN(Cc1ccc2ncccc2c1)C1CCCc2nn(-c3ccccn3)c(O)c21. The van der Waals surface area contributed by atoms with Crippen LogP contribution in [0.3, 0.4) is 0 Å². The average Bonchev–Trinajstić information content (AvgIpc) is 3.11. The lowest BCUT2D eigenvalue weighted by molar-refractivity contribution is 0.208. The highest BCUT2D eigenvalue weighted by Crippen LogP contribution is 2.40. The van der Waals surface area contributed by atoms with Crippen molar-refractivity contribution in [1.29, 1.82) is 0 Å². The first-order valence-corrected chi connectivity index (χ1v) is 9.97. The first-order valence-electron chi connectivity index (χ1n) is 9.97. The minimum Gasteiger partial charge on any atom is -0.493 e. The van der Waals surface area contributed by atoms with Gasteiger partial charge >= 0.3 is 0 Å². The molecule has 0 fully saturated rings. The van der Waals surface area contributed by atoms with Gasteiger partial charge in [-0.15, -0.1) is 0 Å². The molecule has 1 unspecified atom stereocenters. The Hall–Kier alpha value is -3.25. The van der Waals surface area contributed by atoms with Gasteiger partial charge in [0, 0.05) is 30.4 Å². The number of pyridine rings is 2. The molecule has 1 aromatic carbocycles. The van der Waals surface area contributed by atoms with Crippen LogP contribution in [0, 0.1) is 0 Å². The molecule has 6 heteroatoms. The number of rotatable bonds is 4. The Balaban J connectivity index is 1.45. The molecule has 146 valence electrons. The van der Waals surface area contributed by atoms with Crippen molar-refractivity contribution < 1.29 is 5.11 Å². The van der Waals surface area contributed by atoms with Gasteiger partial charge in [0.05, 0.1) is 16.8 Å². The molecule has 0 aliphatic heterocycles. The summed E-state index contributed by atoms with van der Waals surface area (Å²) in [5, 5.41) is 16.8. The number of aryl methyl sites for hydroxylation is 1. The second-order valence-corrected chi connectivity index (χ2v) is 7.64. The largest absolute Gasteiger partial charge is 0.493 e. The van der Waals surface area contributed by atoms with Crippen LogP contribution in [0.5, 0.6) is 5.88 Å². The van der Waals surface area contributed by atoms with Gasteiger partial charge in [-0.1, -0.05) is 18.2 Å². The van der Waals surface area contributed by atoms with Gasteiger partial charge in [-0.05, 0) is 62.2 Å². The maximum Gasteiger partial charge on any atom is 0.220 e. The summed E-state index contributed by atoms with van der Waals surface area (Å²) >= 11 is 0. The van der Waals surface area contributed by atoms with Crippen LogP contribution in [0.4, 0.5) is 0 Å². The van der Waals surface area contributed by atoms with Gasteiger partial charge in [-0.2, -0.15) is 9.78 Å². The summed E-state index contributed by atoms with van der Waals surface area (Å²) in [7, 11) is 2.12. The molecular weight excluding hydrogens is 362 g/mol. The molecule has 1 aliphatic rings. The molecule has 6 nitrogen and oxygen atoms in total. The van der Waals surface area contributed by atoms with E-state index in [9.17, 15) is 5.11 Å². The van der Waals surface area contributed by atoms with Crippen LogP contribution in [0.15, 0.2) is 60.9 Å². The van der Waals surface area contributed by atoms with Crippen LogP contribution in [0.1, 0.15) is 35.7 Å². The molecule has 29 heavy (non-hydrogen) atoms. The van der Waals surface area contributed by atoms with Gasteiger partial charge in [-0.3, -0.25) is 9.88 Å². The Morgan fingerprint density at radius 2 is 2.00 bits per heavy atom. The van der Waals surface area contributed by atoms with E-state index in [1.807, 2.05) is 30.5 Å². The molecule has 1 atom stereocenters. The summed E-state index contributed by atoms with van der Waals surface area (Å²) in [6, 6.07) is 16.2. The van der Waals surface area contributed by atoms with E-state index in [1.165, 1.54) is 5.56 Å². The number of hydrogen-bond acceptors (Lipinski definition) is 5. The number of hydrogen-bond donors (Lipinski definition) is 1. The highest BCUT2D eigenvalue weighted by molar-refractivity contribution is 5.78. The maximum atomic E-state index is 11.0. The van der Waals surface area contributed by atoms with Crippen LogP contribution in [0.25, 0.3) is 16.7 Å². The highest BCUT2D eigenvalue weighted by atomic mass is 16.3. The fourth-order valence-corrected chi connectivity index (χ4v) is 4.30. The molecule has 5 rings (SSSR count). The molecule has 0 saturated carbocycles. The Labute approximate surface area is 169 Å². The Morgan fingerprint density at radius 1 is 1.10 bits per heavy atom. The number of nitrogens with zero attached hydrogens (tertiary/aromatic N) is 5. The van der Waals surface area contributed by atoms with Gasteiger partial charge in [0.1, 0.15) is 0 Å². The summed E-state index contributed by atoms with van der Waals surface area (Å²) in [6.07, 6.45) is 6.48. The quantitative estimate of drug-likeness (QED) is 0.574. The topological polar surface area (TPSA) is 67.1 Å². The van der Waals surface area contributed by atoms with Crippen LogP contribution in [-0.4, -0.2) is 36.8 Å². The molecule has 0 saturated heterocycles. The molecule has 0 spiro atoms. The summed E-state index contributed by atoms with van der Waals surface area (Å²) in [5.74, 6) is 0.848. The Bertz CT molecular complexity index is 1150. The number of benzene rings is 1. The molecule has 3 heterocycles. The lowest BCUT2D eigenvalue weighted by Gasteiger charge is -2.31. The lowest BCUT2D eigenvalue weighted by atomic mass is 9.91. The van der Waals surface area contributed by atoms with E-state index in [0.29, 0.717) is 5.82 Å². The predicted molar refractivity (Wildman–Crippen MR) is 112 cm³/mol. The standard InChI is InChI=1S/C23H23N5O/c1-27(15-16-10-11-18-17(14-16)6-5-13-24-18)20-8-4-7-19-22(20)23(29)28(26-19)21-9-2-3-12-25-21/h2-3,5-6,9-14,20,29H,4,7-8,15H2,1H3. The summed E-state index contributed by atoms with van der Waals surface area (Å²) < 4.78 is 1.57.